The Balaban J connectivity index is 1.53. The number of ether oxygens (including phenoxy) is 1. The van der Waals surface area contributed by atoms with Crippen LogP contribution in [0.1, 0.15) is 23.4 Å². The molecule has 4 rings (SSSR count). The smallest absolute Gasteiger partial charge is 0.434 e. The van der Waals surface area contributed by atoms with Gasteiger partial charge < -0.3 is 14.1 Å². The van der Waals surface area contributed by atoms with E-state index in [0.717, 1.165) is 30.9 Å². The Labute approximate surface area is 151 Å². The molecule has 0 fully saturated rings. The fraction of sp³-hybridized carbons (Fsp3) is 0.300. The van der Waals surface area contributed by atoms with E-state index < -0.39 is 5.76 Å². The number of hydrogen-bond donors (Lipinski definition) is 1. The molecule has 1 aromatic heterocycles. The van der Waals surface area contributed by atoms with Gasteiger partial charge in [0.05, 0.1) is 12.2 Å². The number of H-pyrrole nitrogens is 1. The second-order valence-corrected chi connectivity index (χ2v) is 6.62. The van der Waals surface area contributed by atoms with Gasteiger partial charge in [0, 0.05) is 13.0 Å². The summed E-state index contributed by atoms with van der Waals surface area (Å²) in [5.41, 5.74) is 3.59. The number of benzene rings is 2. The van der Waals surface area contributed by atoms with Gasteiger partial charge in [0.1, 0.15) is 11.9 Å². The predicted molar refractivity (Wildman–Crippen MR) is 98.5 cm³/mol. The van der Waals surface area contributed by atoms with Crippen LogP contribution < -0.4 is 15.4 Å². The summed E-state index contributed by atoms with van der Waals surface area (Å²) in [7, 11) is 0. The van der Waals surface area contributed by atoms with Crippen LogP contribution in [0.25, 0.3) is 0 Å². The van der Waals surface area contributed by atoms with Gasteiger partial charge in [-0.1, -0.05) is 36.4 Å². The van der Waals surface area contributed by atoms with Crippen LogP contribution in [0.5, 0.6) is 5.75 Å². The highest BCUT2D eigenvalue weighted by molar-refractivity contribution is 5.61. The van der Waals surface area contributed by atoms with Crippen molar-refractivity contribution in [3.8, 4) is 5.75 Å². The van der Waals surface area contributed by atoms with E-state index in [1.54, 1.807) is 0 Å². The van der Waals surface area contributed by atoms with Crippen molar-refractivity contribution >= 4 is 5.69 Å². The third kappa shape index (κ3) is 3.64. The van der Waals surface area contributed by atoms with Crippen LogP contribution in [0.3, 0.4) is 0 Å². The molecule has 1 N–H and O–H groups in total. The van der Waals surface area contributed by atoms with Crippen LogP contribution in [-0.4, -0.2) is 22.8 Å². The van der Waals surface area contributed by atoms with E-state index in [1.165, 1.54) is 11.1 Å². The lowest BCUT2D eigenvalue weighted by Crippen LogP contribution is -2.40. The molecule has 1 aliphatic rings. The summed E-state index contributed by atoms with van der Waals surface area (Å²) in [6.07, 6.45) is 1.30. The number of nitrogens with zero attached hydrogens (tertiary/aromatic N) is 2. The van der Waals surface area contributed by atoms with Crippen molar-refractivity contribution in [3.05, 3.63) is 76.1 Å². The molecule has 1 unspecified atom stereocenters. The molecule has 3 aromatic rings. The Bertz CT molecular complexity index is 933. The van der Waals surface area contributed by atoms with Crippen molar-refractivity contribution < 1.29 is 9.15 Å². The average molecular weight is 351 g/mol. The minimum absolute atomic E-state index is 0.0101. The average Bonchev–Trinajstić information content (AvgIpc) is 3.07. The van der Waals surface area contributed by atoms with E-state index in [1.807, 2.05) is 12.1 Å². The van der Waals surface area contributed by atoms with Gasteiger partial charge in [0.25, 0.3) is 0 Å². The van der Waals surface area contributed by atoms with Gasteiger partial charge >= 0.3 is 5.76 Å². The van der Waals surface area contributed by atoms with Crippen molar-refractivity contribution in [1.29, 1.82) is 0 Å². The summed E-state index contributed by atoms with van der Waals surface area (Å²) in [5, 5.41) is 6.17. The summed E-state index contributed by atoms with van der Waals surface area (Å²) in [6.45, 7) is 3.70. The van der Waals surface area contributed by atoms with Crippen LogP contribution in [0.4, 0.5) is 5.69 Å². The molecule has 0 bridgehead atoms. The highest BCUT2D eigenvalue weighted by Gasteiger charge is 2.26. The molecule has 0 radical (unpaired) electrons. The number of anilines is 1. The molecule has 6 heteroatoms. The summed E-state index contributed by atoms with van der Waals surface area (Å²) >= 11 is 0. The van der Waals surface area contributed by atoms with Gasteiger partial charge in [-0.05, 0) is 36.6 Å². The van der Waals surface area contributed by atoms with Gasteiger partial charge in [0.15, 0.2) is 0 Å². The number of rotatable bonds is 5. The number of aromatic amines is 1. The molecule has 2 aromatic carbocycles. The lowest BCUT2D eigenvalue weighted by Gasteiger charge is -2.36. The van der Waals surface area contributed by atoms with Crippen molar-refractivity contribution in [1.82, 2.24) is 10.2 Å². The number of aryl methyl sites for hydroxylation is 2. The molecular formula is C20H21N3O3. The summed E-state index contributed by atoms with van der Waals surface area (Å²) < 4.78 is 11.2. The quantitative estimate of drug-likeness (QED) is 0.765. The lowest BCUT2D eigenvalue weighted by atomic mass is 10.1. The van der Waals surface area contributed by atoms with Gasteiger partial charge in [-0.3, -0.25) is 0 Å². The third-order valence-corrected chi connectivity index (χ3v) is 4.55. The Morgan fingerprint density at radius 3 is 2.85 bits per heavy atom. The molecule has 0 aliphatic carbocycles. The maximum absolute atomic E-state index is 11.1. The van der Waals surface area contributed by atoms with E-state index in [-0.39, 0.29) is 6.10 Å². The molecule has 6 nitrogen and oxygen atoms in total. The van der Waals surface area contributed by atoms with E-state index >= 15 is 0 Å². The summed E-state index contributed by atoms with van der Waals surface area (Å²) in [4.78, 5) is 13.4. The second-order valence-electron chi connectivity index (χ2n) is 6.62. The molecule has 2 heterocycles. The monoisotopic (exact) mass is 351 g/mol. The number of fused-ring (bicyclic) bond motifs is 1. The van der Waals surface area contributed by atoms with Crippen LogP contribution in [0.15, 0.2) is 57.7 Å². The topological polar surface area (TPSA) is 71.4 Å². The predicted octanol–water partition coefficient (Wildman–Crippen LogP) is 3.07. The molecule has 134 valence electrons. The Morgan fingerprint density at radius 1 is 1.23 bits per heavy atom. The standard InChI is InChI=1S/C20H21N3O3/c1-14-7-9-18-17(11-14)23(12-15-5-3-2-4-6-15)13-16(25-18)8-10-19-21-22-20(24)26-19/h2-7,9,11,16H,8,10,12-13H2,1H3,(H,22,24). The maximum Gasteiger partial charge on any atom is 0.434 e. The largest absolute Gasteiger partial charge is 0.486 e. The second kappa shape index (κ2) is 7.07. The van der Waals surface area contributed by atoms with E-state index in [2.05, 4.69) is 58.4 Å². The van der Waals surface area contributed by atoms with Crippen LogP contribution in [-0.2, 0) is 13.0 Å². The van der Waals surface area contributed by atoms with Gasteiger partial charge in [-0.25, -0.2) is 9.89 Å². The number of hydrogen-bond acceptors (Lipinski definition) is 5. The highest BCUT2D eigenvalue weighted by Crippen LogP contribution is 2.36. The Hall–Kier alpha value is -3.02. The van der Waals surface area contributed by atoms with Crippen molar-refractivity contribution in [2.45, 2.75) is 32.4 Å². The normalized spacial score (nSPS) is 16.2. The van der Waals surface area contributed by atoms with Gasteiger partial charge in [-0.15, -0.1) is 5.10 Å². The molecule has 1 aliphatic heterocycles. The zero-order valence-electron chi connectivity index (χ0n) is 14.6. The Kier molecular flexibility index (Phi) is 4.48. The van der Waals surface area contributed by atoms with Crippen LogP contribution >= 0.6 is 0 Å². The van der Waals surface area contributed by atoms with E-state index in [0.29, 0.717) is 12.3 Å². The van der Waals surface area contributed by atoms with Crippen LogP contribution in [0.2, 0.25) is 0 Å². The third-order valence-electron chi connectivity index (χ3n) is 4.55. The fourth-order valence-electron chi connectivity index (χ4n) is 3.29. The maximum atomic E-state index is 11.1. The van der Waals surface area contributed by atoms with E-state index in [9.17, 15) is 4.79 Å². The van der Waals surface area contributed by atoms with Crippen molar-refractivity contribution in [2.24, 2.45) is 0 Å². The lowest BCUT2D eigenvalue weighted by molar-refractivity contribution is 0.180. The number of nitrogens with one attached hydrogen (secondary N) is 1. The number of aromatic nitrogens is 2. The minimum Gasteiger partial charge on any atom is -0.486 e. The Morgan fingerprint density at radius 2 is 2.08 bits per heavy atom. The molecule has 0 amide bonds. The zero-order chi connectivity index (χ0) is 17.9. The first-order chi connectivity index (χ1) is 12.7. The first-order valence-electron chi connectivity index (χ1n) is 8.78. The first kappa shape index (κ1) is 16.4. The van der Waals surface area contributed by atoms with Crippen LogP contribution in [0, 0.1) is 6.92 Å². The molecule has 0 spiro atoms. The zero-order valence-corrected chi connectivity index (χ0v) is 14.6. The molecule has 26 heavy (non-hydrogen) atoms. The molecule has 0 saturated heterocycles. The summed E-state index contributed by atoms with van der Waals surface area (Å²) in [5.74, 6) is 0.797. The molecule has 1 atom stereocenters. The van der Waals surface area contributed by atoms with Crippen molar-refractivity contribution in [3.63, 3.8) is 0 Å². The SMILES string of the molecule is Cc1ccc2c(c1)N(Cc1ccccc1)CC(CCc1n[nH]c(=O)o1)O2. The van der Waals surface area contributed by atoms with Gasteiger partial charge in [0.2, 0.25) is 5.89 Å². The summed E-state index contributed by atoms with van der Waals surface area (Å²) in [6, 6.07) is 16.7. The highest BCUT2D eigenvalue weighted by atomic mass is 16.5. The fourth-order valence-corrected chi connectivity index (χ4v) is 3.29. The first-order valence-corrected chi connectivity index (χ1v) is 8.78. The minimum atomic E-state index is -0.518. The van der Waals surface area contributed by atoms with Gasteiger partial charge in [-0.2, -0.15) is 0 Å². The van der Waals surface area contributed by atoms with E-state index in [4.69, 9.17) is 9.15 Å². The molecular weight excluding hydrogens is 330 g/mol. The molecule has 0 saturated carbocycles. The van der Waals surface area contributed by atoms with Crippen molar-refractivity contribution in [2.75, 3.05) is 11.4 Å².